The molecule has 0 aliphatic rings. The summed E-state index contributed by atoms with van der Waals surface area (Å²) in [6.45, 7) is 7.48. The Morgan fingerprint density at radius 3 is 2.40 bits per heavy atom. The van der Waals surface area contributed by atoms with Gasteiger partial charge in [-0.15, -0.1) is 0 Å². The minimum absolute atomic E-state index is 0.192. The Morgan fingerprint density at radius 1 is 1.08 bits per heavy atom. The molecular weight excluding hydrogens is 319 g/mol. The summed E-state index contributed by atoms with van der Waals surface area (Å²) >= 11 is 0. The van der Waals surface area contributed by atoms with Crippen LogP contribution in [-0.2, 0) is 22.6 Å². The smallest absolute Gasteiger partial charge is 0.309 e. The molecule has 0 radical (unpaired) electrons. The number of esters is 1. The summed E-state index contributed by atoms with van der Waals surface area (Å²) in [5, 5.41) is 0. The number of carbonyl (C=O) groups is 1. The molecule has 25 heavy (non-hydrogen) atoms. The summed E-state index contributed by atoms with van der Waals surface area (Å²) in [7, 11) is 0. The number of ether oxygens (including phenoxy) is 2. The first-order valence-electron chi connectivity index (χ1n) is 8.43. The van der Waals surface area contributed by atoms with E-state index >= 15 is 0 Å². The average Bonchev–Trinajstić information content (AvgIpc) is 2.55. The van der Waals surface area contributed by atoms with E-state index in [1.807, 2.05) is 51.1 Å². The third kappa shape index (κ3) is 5.89. The van der Waals surface area contributed by atoms with Gasteiger partial charge >= 0.3 is 5.97 Å². The summed E-state index contributed by atoms with van der Waals surface area (Å²) in [6.07, 6.45) is 0.267. The van der Waals surface area contributed by atoms with Crippen LogP contribution in [0.2, 0.25) is 0 Å². The Morgan fingerprint density at radius 2 is 1.76 bits per heavy atom. The molecule has 0 heterocycles. The number of halogens is 1. The van der Waals surface area contributed by atoms with Crippen molar-refractivity contribution in [2.24, 2.45) is 5.92 Å². The van der Waals surface area contributed by atoms with Gasteiger partial charge in [-0.2, -0.15) is 0 Å². The van der Waals surface area contributed by atoms with E-state index in [9.17, 15) is 9.18 Å². The van der Waals surface area contributed by atoms with E-state index in [0.717, 1.165) is 5.56 Å². The summed E-state index contributed by atoms with van der Waals surface area (Å²) < 4.78 is 25.6. The predicted molar refractivity (Wildman–Crippen MR) is 95.9 cm³/mol. The maximum atomic E-state index is 14.7. The molecule has 0 saturated heterocycles. The molecule has 2 rings (SSSR count). The minimum Gasteiger partial charge on any atom is -0.486 e. The van der Waals surface area contributed by atoms with Crippen LogP contribution in [0.25, 0.3) is 0 Å². The van der Waals surface area contributed by atoms with Crippen molar-refractivity contribution in [2.45, 2.75) is 46.3 Å². The fourth-order valence-corrected chi connectivity index (χ4v) is 2.38. The van der Waals surface area contributed by atoms with Crippen molar-refractivity contribution in [3.05, 3.63) is 65.5 Å². The summed E-state index contributed by atoms with van der Waals surface area (Å²) in [4.78, 5) is 12.1. The van der Waals surface area contributed by atoms with Crippen LogP contribution in [0.1, 0.15) is 38.8 Å². The topological polar surface area (TPSA) is 35.5 Å². The third-order valence-corrected chi connectivity index (χ3v) is 3.62. The van der Waals surface area contributed by atoms with E-state index in [1.54, 1.807) is 25.1 Å². The molecule has 0 bridgehead atoms. The van der Waals surface area contributed by atoms with Crippen LogP contribution in [0.5, 0.6) is 5.75 Å². The standard InChI is InChI=1S/C21H25FO3/c1-15(20(23)25-21(2,3)4)13-17-11-8-12-18(19(17)22)24-14-16-9-6-5-7-10-16/h5-12,15H,13-14H2,1-4H3. The molecule has 0 amide bonds. The molecule has 2 aromatic carbocycles. The van der Waals surface area contributed by atoms with Crippen LogP contribution in [0.15, 0.2) is 48.5 Å². The number of rotatable bonds is 6. The lowest BCUT2D eigenvalue weighted by atomic mass is 10.00. The van der Waals surface area contributed by atoms with E-state index in [4.69, 9.17) is 9.47 Å². The molecular formula is C21H25FO3. The van der Waals surface area contributed by atoms with Crippen LogP contribution < -0.4 is 4.74 Å². The van der Waals surface area contributed by atoms with Gasteiger partial charge in [-0.1, -0.05) is 49.4 Å². The molecule has 4 heteroatoms. The van der Waals surface area contributed by atoms with Crippen LogP contribution in [-0.4, -0.2) is 11.6 Å². The highest BCUT2D eigenvalue weighted by Crippen LogP contribution is 2.24. The lowest BCUT2D eigenvalue weighted by Crippen LogP contribution is -2.28. The van der Waals surface area contributed by atoms with Gasteiger partial charge in [-0.05, 0) is 44.4 Å². The molecule has 0 aliphatic heterocycles. The van der Waals surface area contributed by atoms with Gasteiger partial charge in [-0.25, -0.2) is 4.39 Å². The Labute approximate surface area is 148 Å². The summed E-state index contributed by atoms with van der Waals surface area (Å²) in [5.74, 6) is -0.993. The van der Waals surface area contributed by atoms with Gasteiger partial charge in [0.05, 0.1) is 5.92 Å². The van der Waals surface area contributed by atoms with Crippen LogP contribution in [0.4, 0.5) is 4.39 Å². The molecule has 0 aromatic heterocycles. The Balaban J connectivity index is 2.03. The highest BCUT2D eigenvalue weighted by molar-refractivity contribution is 5.72. The Bertz CT molecular complexity index is 705. The van der Waals surface area contributed by atoms with Crippen LogP contribution in [0.3, 0.4) is 0 Å². The van der Waals surface area contributed by atoms with Crippen molar-refractivity contribution in [3.63, 3.8) is 0 Å². The van der Waals surface area contributed by atoms with Gasteiger partial charge in [-0.3, -0.25) is 4.79 Å². The molecule has 0 aliphatic carbocycles. The number of benzene rings is 2. The van der Waals surface area contributed by atoms with Crippen molar-refractivity contribution in [2.75, 3.05) is 0 Å². The molecule has 1 unspecified atom stereocenters. The Kier molecular flexibility index (Phi) is 6.18. The second-order valence-corrected chi connectivity index (χ2v) is 7.14. The van der Waals surface area contributed by atoms with Crippen molar-refractivity contribution >= 4 is 5.97 Å². The third-order valence-electron chi connectivity index (χ3n) is 3.62. The lowest BCUT2D eigenvalue weighted by Gasteiger charge is -2.22. The monoisotopic (exact) mass is 344 g/mol. The van der Waals surface area contributed by atoms with Crippen LogP contribution >= 0.6 is 0 Å². The van der Waals surface area contributed by atoms with Crippen molar-refractivity contribution in [1.29, 1.82) is 0 Å². The number of hydrogen-bond donors (Lipinski definition) is 0. The molecule has 3 nitrogen and oxygen atoms in total. The summed E-state index contributed by atoms with van der Waals surface area (Å²) in [5.41, 5.74) is 0.864. The minimum atomic E-state index is -0.551. The first-order valence-corrected chi connectivity index (χ1v) is 8.43. The zero-order valence-corrected chi connectivity index (χ0v) is 15.2. The van der Waals surface area contributed by atoms with E-state index in [0.29, 0.717) is 12.2 Å². The normalized spacial score (nSPS) is 12.5. The van der Waals surface area contributed by atoms with E-state index in [2.05, 4.69) is 0 Å². The zero-order valence-electron chi connectivity index (χ0n) is 15.2. The maximum Gasteiger partial charge on any atom is 0.309 e. The first-order chi connectivity index (χ1) is 11.8. The predicted octanol–water partition coefficient (Wildman–Crippen LogP) is 4.93. The lowest BCUT2D eigenvalue weighted by molar-refractivity contribution is -0.159. The van der Waals surface area contributed by atoms with Gasteiger partial charge in [0.25, 0.3) is 0 Å². The fraction of sp³-hybridized carbons (Fsp3) is 0.381. The number of carbonyl (C=O) groups excluding carboxylic acids is 1. The highest BCUT2D eigenvalue weighted by atomic mass is 19.1. The average molecular weight is 344 g/mol. The fourth-order valence-electron chi connectivity index (χ4n) is 2.38. The molecule has 2 aromatic rings. The molecule has 0 N–H and O–H groups in total. The number of hydrogen-bond acceptors (Lipinski definition) is 3. The van der Waals surface area contributed by atoms with E-state index < -0.39 is 17.3 Å². The maximum absolute atomic E-state index is 14.7. The highest BCUT2D eigenvalue weighted by Gasteiger charge is 2.23. The quantitative estimate of drug-likeness (QED) is 0.697. The van der Waals surface area contributed by atoms with Gasteiger partial charge in [0, 0.05) is 0 Å². The molecule has 0 spiro atoms. The zero-order chi connectivity index (χ0) is 18.4. The molecule has 1 atom stereocenters. The van der Waals surface area contributed by atoms with E-state index in [1.165, 1.54) is 0 Å². The largest absolute Gasteiger partial charge is 0.486 e. The Hall–Kier alpha value is -2.36. The molecule has 0 saturated carbocycles. The van der Waals surface area contributed by atoms with Crippen molar-refractivity contribution in [3.8, 4) is 5.75 Å². The second kappa shape index (κ2) is 8.15. The second-order valence-electron chi connectivity index (χ2n) is 7.14. The molecule has 0 fully saturated rings. The van der Waals surface area contributed by atoms with Gasteiger partial charge in [0.1, 0.15) is 12.2 Å². The summed E-state index contributed by atoms with van der Waals surface area (Å²) in [6, 6.07) is 14.6. The SMILES string of the molecule is CC(Cc1cccc(OCc2ccccc2)c1F)C(=O)OC(C)(C)C. The van der Waals surface area contributed by atoms with Crippen LogP contribution in [0, 0.1) is 11.7 Å². The molecule has 134 valence electrons. The first kappa shape index (κ1) is 19.0. The van der Waals surface area contributed by atoms with Gasteiger partial charge in [0.2, 0.25) is 0 Å². The van der Waals surface area contributed by atoms with Gasteiger partial charge < -0.3 is 9.47 Å². The van der Waals surface area contributed by atoms with Crippen molar-refractivity contribution in [1.82, 2.24) is 0 Å². The van der Waals surface area contributed by atoms with E-state index in [-0.39, 0.29) is 18.1 Å². The van der Waals surface area contributed by atoms with Crippen molar-refractivity contribution < 1.29 is 18.7 Å². The van der Waals surface area contributed by atoms with Gasteiger partial charge in [0.15, 0.2) is 11.6 Å².